The number of likely N-dealkylation sites (tertiary alicyclic amines) is 1. The molecule has 0 N–H and O–H groups in total. The Morgan fingerprint density at radius 3 is 2.83 bits per heavy atom. The molecule has 1 atom stereocenters. The zero-order chi connectivity index (χ0) is 16.2. The van der Waals surface area contributed by atoms with Crippen molar-refractivity contribution >= 4 is 5.91 Å². The number of aromatic nitrogens is 3. The molecule has 1 aliphatic rings. The van der Waals surface area contributed by atoms with Crippen molar-refractivity contribution in [3.8, 4) is 5.69 Å². The van der Waals surface area contributed by atoms with E-state index in [1.165, 1.54) is 4.80 Å². The second-order valence-electron chi connectivity index (χ2n) is 5.73. The number of carbonyl (C=O) groups is 1. The van der Waals surface area contributed by atoms with Gasteiger partial charge in [-0.05, 0) is 38.8 Å². The summed E-state index contributed by atoms with van der Waals surface area (Å²) in [4.78, 5) is 16.1. The number of benzene rings is 1. The minimum Gasteiger partial charge on any atom is -0.377 e. The molecule has 0 bridgehead atoms. The maximum Gasteiger partial charge on any atom is 0.276 e. The van der Waals surface area contributed by atoms with E-state index in [2.05, 4.69) is 10.2 Å². The molecule has 0 unspecified atom stereocenters. The number of hydrogen-bond donors (Lipinski definition) is 0. The number of ether oxygens (including phenoxy) is 1. The predicted molar refractivity (Wildman–Crippen MR) is 86.6 cm³/mol. The third-order valence-corrected chi connectivity index (χ3v) is 4.04. The normalized spacial score (nSPS) is 18.2. The van der Waals surface area contributed by atoms with Crippen LogP contribution in [0.4, 0.5) is 0 Å². The molecule has 0 saturated carbocycles. The van der Waals surface area contributed by atoms with Crippen LogP contribution in [-0.4, -0.2) is 51.6 Å². The van der Waals surface area contributed by atoms with Gasteiger partial charge in [-0.2, -0.15) is 9.90 Å². The summed E-state index contributed by atoms with van der Waals surface area (Å²) in [6.45, 7) is 5.86. The minimum atomic E-state index is -0.0610. The van der Waals surface area contributed by atoms with E-state index in [1.807, 2.05) is 49.1 Å². The second kappa shape index (κ2) is 6.91. The second-order valence-corrected chi connectivity index (χ2v) is 5.73. The minimum absolute atomic E-state index is 0.0610. The number of piperidine rings is 1. The first-order chi connectivity index (χ1) is 11.2. The molecular formula is C17H22N4O2. The van der Waals surface area contributed by atoms with Gasteiger partial charge in [0.1, 0.15) is 0 Å². The van der Waals surface area contributed by atoms with Crippen LogP contribution in [0.2, 0.25) is 0 Å². The molecule has 6 heteroatoms. The van der Waals surface area contributed by atoms with Gasteiger partial charge in [-0.15, -0.1) is 5.10 Å². The molecule has 1 saturated heterocycles. The zero-order valence-corrected chi connectivity index (χ0v) is 13.6. The Hall–Kier alpha value is -2.21. The molecule has 23 heavy (non-hydrogen) atoms. The van der Waals surface area contributed by atoms with E-state index in [-0.39, 0.29) is 12.0 Å². The Morgan fingerprint density at radius 2 is 2.09 bits per heavy atom. The van der Waals surface area contributed by atoms with E-state index in [0.29, 0.717) is 24.5 Å². The first kappa shape index (κ1) is 15.7. The number of para-hydroxylation sites is 1. The number of nitrogens with zero attached hydrogens (tertiary/aromatic N) is 4. The van der Waals surface area contributed by atoms with Crippen LogP contribution in [0, 0.1) is 6.92 Å². The standard InChI is InChI=1S/C17H22N4O2/c1-3-23-15-10-7-11-20(12-15)17(22)16-13(2)18-21(19-16)14-8-5-4-6-9-14/h4-6,8-9,15H,3,7,10-12H2,1-2H3/t15-/m0/s1. The Labute approximate surface area is 136 Å². The van der Waals surface area contributed by atoms with Crippen LogP contribution in [-0.2, 0) is 4.74 Å². The SMILES string of the molecule is CCO[C@H]1CCCN(C(=O)c2nn(-c3ccccc3)nc2C)C1. The van der Waals surface area contributed by atoms with Crippen LogP contribution in [0.1, 0.15) is 35.9 Å². The van der Waals surface area contributed by atoms with Crippen LogP contribution in [0.15, 0.2) is 30.3 Å². The quantitative estimate of drug-likeness (QED) is 0.868. The Bertz CT molecular complexity index is 666. The third kappa shape index (κ3) is 3.42. The van der Waals surface area contributed by atoms with Gasteiger partial charge in [0.2, 0.25) is 0 Å². The van der Waals surface area contributed by atoms with Gasteiger partial charge in [0.25, 0.3) is 5.91 Å². The smallest absolute Gasteiger partial charge is 0.276 e. The number of aryl methyl sites for hydroxylation is 1. The molecule has 6 nitrogen and oxygen atoms in total. The van der Waals surface area contributed by atoms with Gasteiger partial charge in [-0.1, -0.05) is 18.2 Å². The third-order valence-electron chi connectivity index (χ3n) is 4.04. The fourth-order valence-corrected chi connectivity index (χ4v) is 2.90. The molecule has 1 fully saturated rings. The average molecular weight is 314 g/mol. The maximum atomic E-state index is 12.8. The Morgan fingerprint density at radius 1 is 1.30 bits per heavy atom. The van der Waals surface area contributed by atoms with Crippen molar-refractivity contribution in [1.29, 1.82) is 0 Å². The average Bonchev–Trinajstić information content (AvgIpc) is 2.97. The molecule has 122 valence electrons. The number of rotatable bonds is 4. The Balaban J connectivity index is 1.79. The highest BCUT2D eigenvalue weighted by molar-refractivity contribution is 5.93. The highest BCUT2D eigenvalue weighted by Gasteiger charge is 2.28. The zero-order valence-electron chi connectivity index (χ0n) is 13.6. The van der Waals surface area contributed by atoms with Crippen molar-refractivity contribution in [2.24, 2.45) is 0 Å². The van der Waals surface area contributed by atoms with E-state index < -0.39 is 0 Å². The van der Waals surface area contributed by atoms with E-state index in [4.69, 9.17) is 4.74 Å². The lowest BCUT2D eigenvalue weighted by atomic mass is 10.1. The molecule has 0 radical (unpaired) electrons. The summed E-state index contributed by atoms with van der Waals surface area (Å²) in [7, 11) is 0. The van der Waals surface area contributed by atoms with Crippen molar-refractivity contribution in [3.05, 3.63) is 41.7 Å². The van der Waals surface area contributed by atoms with Gasteiger partial charge < -0.3 is 9.64 Å². The molecule has 1 aromatic heterocycles. The van der Waals surface area contributed by atoms with Crippen LogP contribution < -0.4 is 0 Å². The summed E-state index contributed by atoms with van der Waals surface area (Å²) >= 11 is 0. The summed E-state index contributed by atoms with van der Waals surface area (Å²) in [6.07, 6.45) is 2.09. The van der Waals surface area contributed by atoms with Crippen LogP contribution in [0.25, 0.3) is 5.69 Å². The first-order valence-electron chi connectivity index (χ1n) is 8.09. The molecule has 1 amide bonds. The predicted octanol–water partition coefficient (Wildman–Crippen LogP) is 2.22. The number of carbonyl (C=O) groups excluding carboxylic acids is 1. The topological polar surface area (TPSA) is 60.2 Å². The van der Waals surface area contributed by atoms with Gasteiger partial charge in [0.15, 0.2) is 5.69 Å². The summed E-state index contributed by atoms with van der Waals surface area (Å²) < 4.78 is 5.67. The van der Waals surface area contributed by atoms with Crippen molar-refractivity contribution in [1.82, 2.24) is 19.9 Å². The molecule has 2 heterocycles. The summed E-state index contributed by atoms with van der Waals surface area (Å²) in [5.41, 5.74) is 1.92. The van der Waals surface area contributed by atoms with Crippen molar-refractivity contribution in [2.75, 3.05) is 19.7 Å². The van der Waals surface area contributed by atoms with Crippen molar-refractivity contribution in [3.63, 3.8) is 0 Å². The van der Waals surface area contributed by atoms with Crippen LogP contribution >= 0.6 is 0 Å². The van der Waals surface area contributed by atoms with Crippen LogP contribution in [0.5, 0.6) is 0 Å². The van der Waals surface area contributed by atoms with E-state index in [1.54, 1.807) is 0 Å². The van der Waals surface area contributed by atoms with Gasteiger partial charge >= 0.3 is 0 Å². The van der Waals surface area contributed by atoms with Gasteiger partial charge in [0.05, 0.1) is 17.5 Å². The van der Waals surface area contributed by atoms with Gasteiger partial charge in [-0.25, -0.2) is 0 Å². The molecule has 1 aliphatic heterocycles. The lowest BCUT2D eigenvalue weighted by Gasteiger charge is -2.32. The van der Waals surface area contributed by atoms with E-state index in [0.717, 1.165) is 25.1 Å². The van der Waals surface area contributed by atoms with E-state index >= 15 is 0 Å². The van der Waals surface area contributed by atoms with E-state index in [9.17, 15) is 4.79 Å². The monoisotopic (exact) mass is 314 g/mol. The van der Waals surface area contributed by atoms with Crippen molar-refractivity contribution in [2.45, 2.75) is 32.8 Å². The number of amides is 1. The summed E-state index contributed by atoms with van der Waals surface area (Å²) in [5.74, 6) is -0.0610. The van der Waals surface area contributed by atoms with Gasteiger partial charge in [-0.3, -0.25) is 4.79 Å². The van der Waals surface area contributed by atoms with Crippen LogP contribution in [0.3, 0.4) is 0 Å². The fourth-order valence-electron chi connectivity index (χ4n) is 2.90. The fraction of sp³-hybridized carbons (Fsp3) is 0.471. The Kier molecular flexibility index (Phi) is 4.71. The lowest BCUT2D eigenvalue weighted by molar-refractivity contribution is 0.00699. The molecule has 2 aromatic rings. The highest BCUT2D eigenvalue weighted by Crippen LogP contribution is 2.17. The molecule has 1 aromatic carbocycles. The molecule has 3 rings (SSSR count). The summed E-state index contributed by atoms with van der Waals surface area (Å²) in [6, 6.07) is 9.62. The highest BCUT2D eigenvalue weighted by atomic mass is 16.5. The largest absolute Gasteiger partial charge is 0.377 e. The first-order valence-corrected chi connectivity index (χ1v) is 8.09. The molecule has 0 spiro atoms. The van der Waals surface area contributed by atoms with Crippen molar-refractivity contribution < 1.29 is 9.53 Å². The molecule has 0 aliphatic carbocycles. The lowest BCUT2D eigenvalue weighted by Crippen LogP contribution is -2.43. The maximum absolute atomic E-state index is 12.8. The summed E-state index contributed by atoms with van der Waals surface area (Å²) in [5, 5.41) is 8.78. The molecular weight excluding hydrogens is 292 g/mol. The van der Waals surface area contributed by atoms with Gasteiger partial charge in [0, 0.05) is 19.7 Å². The number of hydrogen-bond acceptors (Lipinski definition) is 4.